The van der Waals surface area contributed by atoms with Gasteiger partial charge in [-0.15, -0.1) is 10.2 Å². The average molecular weight is 439 g/mol. The standard InChI is InChI=1S/C24H30N4O2S/c1-18(2)20-11-9-19(10-12-20)13-14-25-22(29)17-31-24-27-26-23(28(24)15-16-30-3)21-7-5-4-6-8-21/h4-12,18H,13-17H2,1-3H3,(H,25,29). The first-order valence-corrected chi connectivity index (χ1v) is 11.5. The second-order valence-corrected chi connectivity index (χ2v) is 8.54. The summed E-state index contributed by atoms with van der Waals surface area (Å²) in [5.41, 5.74) is 3.55. The molecule has 0 aliphatic carbocycles. The van der Waals surface area contributed by atoms with Crippen LogP contribution in [0.4, 0.5) is 0 Å². The first-order chi connectivity index (χ1) is 15.1. The monoisotopic (exact) mass is 438 g/mol. The molecule has 3 rings (SSSR count). The molecule has 0 atom stereocenters. The number of nitrogens with one attached hydrogen (secondary N) is 1. The second kappa shape index (κ2) is 11.7. The van der Waals surface area contributed by atoms with E-state index in [1.54, 1.807) is 7.11 Å². The Hall–Kier alpha value is -2.64. The van der Waals surface area contributed by atoms with Crippen molar-refractivity contribution in [3.63, 3.8) is 0 Å². The molecule has 0 unspecified atom stereocenters. The summed E-state index contributed by atoms with van der Waals surface area (Å²) in [4.78, 5) is 12.3. The van der Waals surface area contributed by atoms with Crippen LogP contribution in [0.15, 0.2) is 59.8 Å². The number of rotatable bonds is 11. The fraction of sp³-hybridized carbons (Fsp3) is 0.375. The molecule has 164 valence electrons. The molecule has 31 heavy (non-hydrogen) atoms. The van der Waals surface area contributed by atoms with Crippen molar-refractivity contribution >= 4 is 17.7 Å². The highest BCUT2D eigenvalue weighted by Crippen LogP contribution is 2.23. The molecule has 0 spiro atoms. The minimum Gasteiger partial charge on any atom is -0.383 e. The van der Waals surface area contributed by atoms with Gasteiger partial charge in [0.05, 0.1) is 18.9 Å². The van der Waals surface area contributed by atoms with Crippen LogP contribution in [0, 0.1) is 0 Å². The third-order valence-electron chi connectivity index (χ3n) is 4.98. The van der Waals surface area contributed by atoms with E-state index in [1.165, 1.54) is 22.9 Å². The summed E-state index contributed by atoms with van der Waals surface area (Å²) in [5, 5.41) is 12.4. The van der Waals surface area contributed by atoms with E-state index in [-0.39, 0.29) is 5.91 Å². The molecule has 0 radical (unpaired) electrons. The van der Waals surface area contributed by atoms with E-state index in [4.69, 9.17) is 4.74 Å². The van der Waals surface area contributed by atoms with Crippen molar-refractivity contribution < 1.29 is 9.53 Å². The molecule has 3 aromatic rings. The van der Waals surface area contributed by atoms with Crippen LogP contribution in [0.2, 0.25) is 0 Å². The highest BCUT2D eigenvalue weighted by Gasteiger charge is 2.15. The zero-order valence-electron chi connectivity index (χ0n) is 18.4. The lowest BCUT2D eigenvalue weighted by atomic mass is 10.0. The van der Waals surface area contributed by atoms with Crippen molar-refractivity contribution in [2.75, 3.05) is 26.0 Å². The number of methoxy groups -OCH3 is 1. The Morgan fingerprint density at radius 2 is 1.84 bits per heavy atom. The van der Waals surface area contributed by atoms with Gasteiger partial charge in [0.2, 0.25) is 5.91 Å². The summed E-state index contributed by atoms with van der Waals surface area (Å²) < 4.78 is 7.24. The van der Waals surface area contributed by atoms with Gasteiger partial charge in [-0.25, -0.2) is 0 Å². The minimum absolute atomic E-state index is 0.00801. The number of benzene rings is 2. The van der Waals surface area contributed by atoms with Gasteiger partial charge < -0.3 is 10.1 Å². The van der Waals surface area contributed by atoms with E-state index in [2.05, 4.69) is 53.6 Å². The summed E-state index contributed by atoms with van der Waals surface area (Å²) in [6.07, 6.45) is 0.816. The summed E-state index contributed by atoms with van der Waals surface area (Å²) >= 11 is 1.39. The summed E-state index contributed by atoms with van der Waals surface area (Å²) in [6, 6.07) is 18.5. The molecule has 0 saturated carbocycles. The number of amides is 1. The van der Waals surface area contributed by atoms with Gasteiger partial charge in [-0.05, 0) is 23.5 Å². The number of carbonyl (C=O) groups excluding carboxylic acids is 1. The van der Waals surface area contributed by atoms with Gasteiger partial charge in [-0.1, -0.05) is 80.2 Å². The number of thioether (sulfide) groups is 1. The lowest BCUT2D eigenvalue weighted by molar-refractivity contribution is -0.118. The molecule has 1 aromatic heterocycles. The molecule has 1 amide bonds. The fourth-order valence-corrected chi connectivity index (χ4v) is 3.97. The van der Waals surface area contributed by atoms with Crippen LogP contribution in [0.1, 0.15) is 30.9 Å². The molecule has 0 saturated heterocycles. The third-order valence-corrected chi connectivity index (χ3v) is 5.95. The maximum absolute atomic E-state index is 12.3. The molecule has 0 bridgehead atoms. The van der Waals surface area contributed by atoms with E-state index in [0.29, 0.717) is 31.4 Å². The Morgan fingerprint density at radius 1 is 1.10 bits per heavy atom. The van der Waals surface area contributed by atoms with E-state index in [1.807, 2.05) is 34.9 Å². The first-order valence-electron chi connectivity index (χ1n) is 10.5. The van der Waals surface area contributed by atoms with Crippen LogP contribution in [-0.4, -0.2) is 46.7 Å². The van der Waals surface area contributed by atoms with Crippen LogP contribution in [0.5, 0.6) is 0 Å². The molecular formula is C24H30N4O2S. The van der Waals surface area contributed by atoms with Gasteiger partial charge in [-0.2, -0.15) is 0 Å². The molecule has 7 heteroatoms. The Kier molecular flexibility index (Phi) is 8.67. The Balaban J connectivity index is 1.53. The predicted octanol–water partition coefficient (Wildman–Crippen LogP) is 4.17. The number of ether oxygens (including phenoxy) is 1. The smallest absolute Gasteiger partial charge is 0.230 e. The summed E-state index contributed by atoms with van der Waals surface area (Å²) in [6.45, 7) is 6.17. The lowest BCUT2D eigenvalue weighted by Crippen LogP contribution is -2.27. The van der Waals surface area contributed by atoms with Crippen molar-refractivity contribution in [2.45, 2.75) is 37.9 Å². The number of carbonyl (C=O) groups is 1. The predicted molar refractivity (Wildman–Crippen MR) is 125 cm³/mol. The molecular weight excluding hydrogens is 408 g/mol. The fourth-order valence-electron chi connectivity index (χ4n) is 3.18. The molecule has 1 N–H and O–H groups in total. The highest BCUT2D eigenvalue weighted by atomic mass is 32.2. The molecule has 1 heterocycles. The van der Waals surface area contributed by atoms with Crippen molar-refractivity contribution in [1.82, 2.24) is 20.1 Å². The van der Waals surface area contributed by atoms with Crippen molar-refractivity contribution in [1.29, 1.82) is 0 Å². The van der Waals surface area contributed by atoms with Gasteiger partial charge in [0.15, 0.2) is 11.0 Å². The Morgan fingerprint density at radius 3 is 2.52 bits per heavy atom. The van der Waals surface area contributed by atoms with Crippen LogP contribution < -0.4 is 5.32 Å². The number of aromatic nitrogens is 3. The van der Waals surface area contributed by atoms with Gasteiger partial charge in [0.25, 0.3) is 0 Å². The van der Waals surface area contributed by atoms with Crippen molar-refractivity contribution in [3.8, 4) is 11.4 Å². The topological polar surface area (TPSA) is 69.0 Å². The van der Waals surface area contributed by atoms with Gasteiger partial charge in [0, 0.05) is 19.2 Å². The van der Waals surface area contributed by atoms with Crippen molar-refractivity contribution in [2.24, 2.45) is 0 Å². The maximum Gasteiger partial charge on any atom is 0.230 e. The van der Waals surface area contributed by atoms with Crippen LogP contribution in [0.3, 0.4) is 0 Å². The van der Waals surface area contributed by atoms with Crippen LogP contribution >= 0.6 is 11.8 Å². The molecule has 2 aromatic carbocycles. The normalized spacial score (nSPS) is 11.1. The molecule has 0 aliphatic rings. The lowest BCUT2D eigenvalue weighted by Gasteiger charge is -2.10. The van der Waals surface area contributed by atoms with E-state index >= 15 is 0 Å². The summed E-state index contributed by atoms with van der Waals surface area (Å²) in [5.74, 6) is 1.60. The average Bonchev–Trinajstić information content (AvgIpc) is 3.20. The SMILES string of the molecule is COCCn1c(SCC(=O)NCCc2ccc(C(C)C)cc2)nnc1-c1ccccc1. The zero-order chi connectivity index (χ0) is 22.1. The van der Waals surface area contributed by atoms with Crippen LogP contribution in [0.25, 0.3) is 11.4 Å². The van der Waals surface area contributed by atoms with Crippen LogP contribution in [-0.2, 0) is 22.5 Å². The van der Waals surface area contributed by atoms with E-state index in [9.17, 15) is 4.79 Å². The number of hydrogen-bond acceptors (Lipinski definition) is 5. The second-order valence-electron chi connectivity index (χ2n) is 7.60. The zero-order valence-corrected chi connectivity index (χ0v) is 19.2. The number of nitrogens with zero attached hydrogens (tertiary/aromatic N) is 3. The van der Waals surface area contributed by atoms with E-state index in [0.717, 1.165) is 23.0 Å². The van der Waals surface area contributed by atoms with Crippen molar-refractivity contribution in [3.05, 3.63) is 65.7 Å². The number of hydrogen-bond donors (Lipinski definition) is 1. The molecule has 6 nitrogen and oxygen atoms in total. The Bertz CT molecular complexity index is 955. The van der Waals surface area contributed by atoms with Gasteiger partial charge in [-0.3, -0.25) is 9.36 Å². The third kappa shape index (κ3) is 6.67. The first kappa shape index (κ1) is 23.0. The maximum atomic E-state index is 12.3. The largest absolute Gasteiger partial charge is 0.383 e. The van der Waals surface area contributed by atoms with Gasteiger partial charge >= 0.3 is 0 Å². The quantitative estimate of drug-likeness (QED) is 0.455. The molecule has 0 fully saturated rings. The highest BCUT2D eigenvalue weighted by molar-refractivity contribution is 7.99. The molecule has 0 aliphatic heterocycles. The summed E-state index contributed by atoms with van der Waals surface area (Å²) in [7, 11) is 1.67. The van der Waals surface area contributed by atoms with E-state index < -0.39 is 0 Å². The minimum atomic E-state index is -0.00801. The van der Waals surface area contributed by atoms with Gasteiger partial charge in [0.1, 0.15) is 0 Å². The Labute approximate surface area is 188 Å².